The smallest absolute Gasteiger partial charge is 0.310 e. The van der Waals surface area contributed by atoms with E-state index in [0.717, 1.165) is 25.2 Å². The van der Waals surface area contributed by atoms with Gasteiger partial charge in [-0.1, -0.05) is 0 Å². The van der Waals surface area contributed by atoms with Crippen LogP contribution in [0.2, 0.25) is 0 Å². The highest BCUT2D eigenvalue weighted by Crippen LogP contribution is 2.24. The molecule has 1 unspecified atom stereocenters. The maximum atomic E-state index is 11.9. The van der Waals surface area contributed by atoms with Gasteiger partial charge in [0.1, 0.15) is 12.1 Å². The summed E-state index contributed by atoms with van der Waals surface area (Å²) < 4.78 is 10.7. The fourth-order valence-corrected chi connectivity index (χ4v) is 2.45. The Morgan fingerprint density at radius 3 is 3.00 bits per heavy atom. The molecule has 6 nitrogen and oxygen atoms in total. The maximum absolute atomic E-state index is 11.9. The summed E-state index contributed by atoms with van der Waals surface area (Å²) in [4.78, 5) is 22.4. The molecule has 0 N–H and O–H groups in total. The molecule has 0 saturated carbocycles. The Kier molecular flexibility index (Phi) is 5.36. The Balaban J connectivity index is 2.05. The third kappa shape index (κ3) is 4.31. The molecule has 0 radical (unpaired) electrons. The number of hydrogen-bond donors (Lipinski definition) is 0. The molecule has 1 fully saturated rings. The molecule has 0 bridgehead atoms. The van der Waals surface area contributed by atoms with Crippen LogP contribution in [-0.4, -0.2) is 41.7 Å². The molecule has 2 rings (SSSR count). The Morgan fingerprint density at radius 2 is 2.29 bits per heavy atom. The lowest BCUT2D eigenvalue weighted by atomic mass is 9.98. The van der Waals surface area contributed by atoms with E-state index in [1.807, 2.05) is 26.8 Å². The third-order valence-corrected chi connectivity index (χ3v) is 3.35. The maximum Gasteiger partial charge on any atom is 0.310 e. The fourth-order valence-electron chi connectivity index (χ4n) is 2.45. The number of carbonyl (C=O) groups excluding carboxylic acids is 1. The standard InChI is InChI=1S/C15H23N3O3/c1-4-20-15(19)12-6-5-7-18(9-12)13-8-14(17-10-16-13)21-11(2)3/h8,10-12H,4-7,9H2,1-3H3. The SMILES string of the molecule is CCOC(=O)C1CCCN(c2cc(OC(C)C)ncn2)C1. The summed E-state index contributed by atoms with van der Waals surface area (Å²) in [6.07, 6.45) is 3.39. The zero-order chi connectivity index (χ0) is 15.2. The second kappa shape index (κ2) is 7.24. The van der Waals surface area contributed by atoms with Crippen LogP contribution >= 0.6 is 0 Å². The van der Waals surface area contributed by atoms with Gasteiger partial charge in [-0.25, -0.2) is 9.97 Å². The largest absolute Gasteiger partial charge is 0.475 e. The van der Waals surface area contributed by atoms with E-state index in [1.165, 1.54) is 6.33 Å². The van der Waals surface area contributed by atoms with Crippen molar-refractivity contribution in [1.29, 1.82) is 0 Å². The topological polar surface area (TPSA) is 64.5 Å². The van der Waals surface area contributed by atoms with Crippen LogP contribution in [0.5, 0.6) is 5.88 Å². The van der Waals surface area contributed by atoms with Gasteiger partial charge in [0.05, 0.1) is 18.6 Å². The predicted octanol–water partition coefficient (Wildman–Crippen LogP) is 2.04. The number of esters is 1. The minimum atomic E-state index is -0.116. The van der Waals surface area contributed by atoms with Crippen molar-refractivity contribution < 1.29 is 14.3 Å². The van der Waals surface area contributed by atoms with Crippen molar-refractivity contribution in [2.24, 2.45) is 5.92 Å². The monoisotopic (exact) mass is 293 g/mol. The van der Waals surface area contributed by atoms with Gasteiger partial charge in [0.2, 0.25) is 5.88 Å². The molecule has 1 atom stereocenters. The Hall–Kier alpha value is -1.85. The van der Waals surface area contributed by atoms with E-state index < -0.39 is 0 Å². The van der Waals surface area contributed by atoms with E-state index in [2.05, 4.69) is 14.9 Å². The number of nitrogens with zero attached hydrogens (tertiary/aromatic N) is 3. The molecule has 0 spiro atoms. The van der Waals surface area contributed by atoms with Crippen molar-refractivity contribution in [3.8, 4) is 5.88 Å². The lowest BCUT2D eigenvalue weighted by Gasteiger charge is -2.32. The normalized spacial score (nSPS) is 18.7. The molecule has 1 aliphatic rings. The van der Waals surface area contributed by atoms with Gasteiger partial charge >= 0.3 is 5.97 Å². The van der Waals surface area contributed by atoms with E-state index in [9.17, 15) is 4.79 Å². The molecule has 21 heavy (non-hydrogen) atoms. The second-order valence-corrected chi connectivity index (χ2v) is 5.42. The van der Waals surface area contributed by atoms with Gasteiger partial charge in [-0.2, -0.15) is 0 Å². The molecule has 0 amide bonds. The molecule has 116 valence electrons. The second-order valence-electron chi connectivity index (χ2n) is 5.42. The van der Waals surface area contributed by atoms with Crippen LogP contribution < -0.4 is 9.64 Å². The van der Waals surface area contributed by atoms with Crippen molar-refractivity contribution in [2.75, 3.05) is 24.6 Å². The molecule has 2 heterocycles. The molecule has 6 heteroatoms. The van der Waals surface area contributed by atoms with Crippen LogP contribution in [0.3, 0.4) is 0 Å². The summed E-state index contributed by atoms with van der Waals surface area (Å²) in [6.45, 7) is 7.69. The number of aromatic nitrogens is 2. The minimum Gasteiger partial charge on any atom is -0.475 e. The molecule has 1 aromatic heterocycles. The van der Waals surface area contributed by atoms with Crippen LogP contribution in [-0.2, 0) is 9.53 Å². The molecule has 0 aromatic carbocycles. The fraction of sp³-hybridized carbons (Fsp3) is 0.667. The number of anilines is 1. The highest BCUT2D eigenvalue weighted by atomic mass is 16.5. The lowest BCUT2D eigenvalue weighted by Crippen LogP contribution is -2.39. The van der Waals surface area contributed by atoms with E-state index in [0.29, 0.717) is 19.0 Å². The first kappa shape index (κ1) is 15.5. The zero-order valence-electron chi connectivity index (χ0n) is 12.9. The summed E-state index contributed by atoms with van der Waals surface area (Å²) in [5.41, 5.74) is 0. The van der Waals surface area contributed by atoms with Gasteiger partial charge in [0.25, 0.3) is 0 Å². The Morgan fingerprint density at radius 1 is 1.48 bits per heavy atom. The first-order valence-corrected chi connectivity index (χ1v) is 7.50. The number of ether oxygens (including phenoxy) is 2. The quantitative estimate of drug-likeness (QED) is 0.774. The Bertz CT molecular complexity index is 479. The average molecular weight is 293 g/mol. The lowest BCUT2D eigenvalue weighted by molar-refractivity contribution is -0.148. The van der Waals surface area contributed by atoms with Crippen LogP contribution in [0, 0.1) is 5.92 Å². The van der Waals surface area contributed by atoms with E-state index in [4.69, 9.17) is 9.47 Å². The average Bonchev–Trinajstić information content (AvgIpc) is 2.47. The van der Waals surface area contributed by atoms with Gasteiger partial charge in [-0.3, -0.25) is 4.79 Å². The van der Waals surface area contributed by atoms with Gasteiger partial charge in [-0.15, -0.1) is 0 Å². The van der Waals surface area contributed by atoms with Gasteiger partial charge in [0.15, 0.2) is 0 Å². The van der Waals surface area contributed by atoms with E-state index in [-0.39, 0.29) is 18.0 Å². The van der Waals surface area contributed by atoms with Crippen LogP contribution in [0.15, 0.2) is 12.4 Å². The summed E-state index contributed by atoms with van der Waals surface area (Å²) in [5, 5.41) is 0. The highest BCUT2D eigenvalue weighted by Gasteiger charge is 2.27. The summed E-state index contributed by atoms with van der Waals surface area (Å²) in [7, 11) is 0. The summed E-state index contributed by atoms with van der Waals surface area (Å²) in [5.74, 6) is 1.17. The minimum absolute atomic E-state index is 0.0707. The number of piperidine rings is 1. The number of hydrogen-bond acceptors (Lipinski definition) is 6. The zero-order valence-corrected chi connectivity index (χ0v) is 12.9. The van der Waals surface area contributed by atoms with Crippen LogP contribution in [0.4, 0.5) is 5.82 Å². The first-order valence-electron chi connectivity index (χ1n) is 7.50. The molecule has 1 aromatic rings. The number of carbonyl (C=O) groups is 1. The summed E-state index contributed by atoms with van der Waals surface area (Å²) in [6, 6.07) is 1.83. The van der Waals surface area contributed by atoms with Crippen molar-refractivity contribution >= 4 is 11.8 Å². The highest BCUT2D eigenvalue weighted by molar-refractivity contribution is 5.73. The predicted molar refractivity (Wildman–Crippen MR) is 79.4 cm³/mol. The molecule has 1 aliphatic heterocycles. The first-order chi connectivity index (χ1) is 10.1. The van der Waals surface area contributed by atoms with Gasteiger partial charge < -0.3 is 14.4 Å². The van der Waals surface area contributed by atoms with Crippen LogP contribution in [0.25, 0.3) is 0 Å². The van der Waals surface area contributed by atoms with E-state index >= 15 is 0 Å². The van der Waals surface area contributed by atoms with Gasteiger partial charge in [0, 0.05) is 19.2 Å². The molecule has 1 saturated heterocycles. The number of rotatable bonds is 5. The van der Waals surface area contributed by atoms with Crippen molar-refractivity contribution in [3.63, 3.8) is 0 Å². The summed E-state index contributed by atoms with van der Waals surface area (Å²) >= 11 is 0. The van der Waals surface area contributed by atoms with Crippen LogP contribution in [0.1, 0.15) is 33.6 Å². The third-order valence-electron chi connectivity index (χ3n) is 3.35. The molecule has 0 aliphatic carbocycles. The molecular weight excluding hydrogens is 270 g/mol. The van der Waals surface area contributed by atoms with Crippen molar-refractivity contribution in [1.82, 2.24) is 9.97 Å². The van der Waals surface area contributed by atoms with Crippen molar-refractivity contribution in [2.45, 2.75) is 39.7 Å². The van der Waals surface area contributed by atoms with Gasteiger partial charge in [-0.05, 0) is 33.6 Å². The van der Waals surface area contributed by atoms with E-state index in [1.54, 1.807) is 0 Å². The van der Waals surface area contributed by atoms with Crippen molar-refractivity contribution in [3.05, 3.63) is 12.4 Å². The molecular formula is C15H23N3O3. The Labute approximate surface area is 125 Å².